The highest BCUT2D eigenvalue weighted by molar-refractivity contribution is 7.80. The summed E-state index contributed by atoms with van der Waals surface area (Å²) in [6, 6.07) is 17.7. The number of nitrogens with zero attached hydrogens (tertiary/aromatic N) is 2. The number of hydrogen-bond donors (Lipinski definition) is 1. The molecular formula is C22H27N3O2S. The molecule has 1 amide bonds. The second-order valence-corrected chi connectivity index (χ2v) is 7.24. The number of carbonyl (C=O) groups excluding carboxylic acids is 1. The van der Waals surface area contributed by atoms with Crippen molar-refractivity contribution < 1.29 is 9.53 Å². The van der Waals surface area contributed by atoms with Crippen molar-refractivity contribution >= 4 is 23.2 Å². The lowest BCUT2D eigenvalue weighted by Gasteiger charge is -2.36. The van der Waals surface area contributed by atoms with Crippen LogP contribution in [-0.4, -0.2) is 53.6 Å². The molecule has 0 aromatic heterocycles. The Balaban J connectivity index is 1.51. The van der Waals surface area contributed by atoms with E-state index in [1.54, 1.807) is 6.07 Å². The van der Waals surface area contributed by atoms with Crippen LogP contribution >= 0.6 is 12.2 Å². The van der Waals surface area contributed by atoms with Crippen LogP contribution in [0.5, 0.6) is 5.75 Å². The summed E-state index contributed by atoms with van der Waals surface area (Å²) in [7, 11) is 0. The number of ether oxygens (including phenoxy) is 1. The average Bonchev–Trinajstić information content (AvgIpc) is 2.73. The van der Waals surface area contributed by atoms with Gasteiger partial charge in [0.25, 0.3) is 5.91 Å². The molecule has 0 saturated carbocycles. The van der Waals surface area contributed by atoms with Crippen LogP contribution in [0.15, 0.2) is 54.6 Å². The molecule has 148 valence electrons. The minimum absolute atomic E-state index is 0.219. The van der Waals surface area contributed by atoms with Crippen LogP contribution in [0.4, 0.5) is 0 Å². The number of thiocarbonyl (C=S) groups is 1. The number of hydrogen-bond acceptors (Lipinski definition) is 4. The van der Waals surface area contributed by atoms with Gasteiger partial charge < -0.3 is 9.64 Å². The van der Waals surface area contributed by atoms with E-state index in [0.717, 1.165) is 39.1 Å². The molecule has 28 heavy (non-hydrogen) atoms. The molecular weight excluding hydrogens is 370 g/mol. The maximum Gasteiger partial charge on any atom is 0.261 e. The molecule has 3 rings (SSSR count). The zero-order chi connectivity index (χ0) is 19.8. The highest BCUT2D eigenvalue weighted by Gasteiger charge is 2.21. The standard InChI is InChI=1S/C22H27N3O2S/c1-2-16-27-20-11-7-6-10-19(20)21(26)23-22(28)25-14-12-24(13-15-25)17-18-8-4-3-5-9-18/h3-11H,2,12-17H2,1H3,(H,23,26,28). The van der Waals surface area contributed by atoms with Crippen molar-refractivity contribution in [3.05, 3.63) is 65.7 Å². The van der Waals surface area contributed by atoms with Gasteiger partial charge in [-0.05, 0) is 36.3 Å². The Hall–Kier alpha value is -2.44. The van der Waals surface area contributed by atoms with Gasteiger partial charge in [0.2, 0.25) is 0 Å². The van der Waals surface area contributed by atoms with Gasteiger partial charge >= 0.3 is 0 Å². The molecule has 1 aliphatic rings. The van der Waals surface area contributed by atoms with Gasteiger partial charge in [-0.15, -0.1) is 0 Å². The van der Waals surface area contributed by atoms with Crippen molar-refractivity contribution in [3.8, 4) is 5.75 Å². The molecule has 6 heteroatoms. The molecule has 1 fully saturated rings. The van der Waals surface area contributed by atoms with Crippen molar-refractivity contribution in [1.29, 1.82) is 0 Å². The van der Waals surface area contributed by atoms with Gasteiger partial charge in [0.1, 0.15) is 5.75 Å². The summed E-state index contributed by atoms with van der Waals surface area (Å²) < 4.78 is 5.68. The number of carbonyl (C=O) groups is 1. The van der Waals surface area contributed by atoms with E-state index in [9.17, 15) is 4.79 Å². The fraction of sp³-hybridized carbons (Fsp3) is 0.364. The number of amides is 1. The van der Waals surface area contributed by atoms with Crippen LogP contribution in [0.2, 0.25) is 0 Å². The predicted octanol–water partition coefficient (Wildman–Crippen LogP) is 3.31. The highest BCUT2D eigenvalue weighted by Crippen LogP contribution is 2.18. The van der Waals surface area contributed by atoms with E-state index in [2.05, 4.69) is 39.4 Å². The zero-order valence-electron chi connectivity index (χ0n) is 16.3. The van der Waals surface area contributed by atoms with Gasteiger partial charge in [-0.1, -0.05) is 49.4 Å². The fourth-order valence-corrected chi connectivity index (χ4v) is 3.46. The smallest absolute Gasteiger partial charge is 0.261 e. The summed E-state index contributed by atoms with van der Waals surface area (Å²) in [4.78, 5) is 17.1. The molecule has 1 N–H and O–H groups in total. The van der Waals surface area contributed by atoms with Crippen molar-refractivity contribution in [1.82, 2.24) is 15.1 Å². The second-order valence-electron chi connectivity index (χ2n) is 6.85. The first kappa shape index (κ1) is 20.3. The Morgan fingerprint density at radius 1 is 1.04 bits per heavy atom. The second kappa shape index (κ2) is 10.2. The summed E-state index contributed by atoms with van der Waals surface area (Å²) in [6.07, 6.45) is 0.891. The van der Waals surface area contributed by atoms with Crippen molar-refractivity contribution in [2.75, 3.05) is 32.8 Å². The Morgan fingerprint density at radius 2 is 1.71 bits per heavy atom. The molecule has 2 aromatic rings. The van der Waals surface area contributed by atoms with Gasteiger partial charge in [-0.2, -0.15) is 0 Å². The van der Waals surface area contributed by atoms with E-state index in [-0.39, 0.29) is 5.91 Å². The first-order valence-corrected chi connectivity index (χ1v) is 10.2. The fourth-order valence-electron chi connectivity index (χ4n) is 3.19. The van der Waals surface area contributed by atoms with Gasteiger partial charge in [0.05, 0.1) is 12.2 Å². The normalized spacial score (nSPS) is 14.5. The summed E-state index contributed by atoms with van der Waals surface area (Å²) in [5.41, 5.74) is 1.83. The number of piperazine rings is 1. The average molecular weight is 398 g/mol. The van der Waals surface area contributed by atoms with Gasteiger partial charge in [-0.25, -0.2) is 0 Å². The van der Waals surface area contributed by atoms with Crippen LogP contribution in [0, 0.1) is 0 Å². The summed E-state index contributed by atoms with van der Waals surface area (Å²) in [5, 5.41) is 3.35. The third-order valence-corrected chi connectivity index (χ3v) is 5.08. The molecule has 0 bridgehead atoms. The molecule has 0 aliphatic carbocycles. The van der Waals surface area contributed by atoms with E-state index in [0.29, 0.717) is 23.0 Å². The first-order chi connectivity index (χ1) is 13.7. The van der Waals surface area contributed by atoms with Crippen LogP contribution < -0.4 is 10.1 Å². The lowest BCUT2D eigenvalue weighted by atomic mass is 10.2. The number of benzene rings is 2. The lowest BCUT2D eigenvalue weighted by molar-refractivity contribution is 0.0965. The Morgan fingerprint density at radius 3 is 2.43 bits per heavy atom. The lowest BCUT2D eigenvalue weighted by Crippen LogP contribution is -2.52. The van der Waals surface area contributed by atoms with E-state index >= 15 is 0 Å². The first-order valence-electron chi connectivity index (χ1n) is 9.75. The van der Waals surface area contributed by atoms with E-state index < -0.39 is 0 Å². The molecule has 0 atom stereocenters. The largest absolute Gasteiger partial charge is 0.493 e. The molecule has 0 radical (unpaired) electrons. The third kappa shape index (κ3) is 5.53. The minimum Gasteiger partial charge on any atom is -0.493 e. The van der Waals surface area contributed by atoms with E-state index in [1.807, 2.05) is 31.2 Å². The molecule has 5 nitrogen and oxygen atoms in total. The van der Waals surface area contributed by atoms with Crippen molar-refractivity contribution in [2.45, 2.75) is 19.9 Å². The maximum atomic E-state index is 12.7. The molecule has 0 spiro atoms. The number of para-hydroxylation sites is 1. The van der Waals surface area contributed by atoms with Crippen molar-refractivity contribution in [3.63, 3.8) is 0 Å². The Kier molecular flexibility index (Phi) is 7.39. The van der Waals surface area contributed by atoms with Gasteiger partial charge in [0.15, 0.2) is 5.11 Å². The van der Waals surface area contributed by atoms with Gasteiger partial charge in [-0.3, -0.25) is 15.0 Å². The number of rotatable bonds is 6. The third-order valence-electron chi connectivity index (χ3n) is 4.72. The summed E-state index contributed by atoms with van der Waals surface area (Å²) in [5.74, 6) is 0.376. The Bertz CT molecular complexity index is 789. The summed E-state index contributed by atoms with van der Waals surface area (Å²) in [6.45, 7) is 7.01. The monoisotopic (exact) mass is 397 g/mol. The predicted molar refractivity (Wildman–Crippen MR) is 116 cm³/mol. The molecule has 1 saturated heterocycles. The minimum atomic E-state index is -0.219. The summed E-state index contributed by atoms with van der Waals surface area (Å²) >= 11 is 5.48. The van der Waals surface area contributed by atoms with Crippen LogP contribution in [0.25, 0.3) is 0 Å². The molecule has 0 unspecified atom stereocenters. The van der Waals surface area contributed by atoms with Crippen LogP contribution in [0.3, 0.4) is 0 Å². The van der Waals surface area contributed by atoms with Crippen LogP contribution in [-0.2, 0) is 6.54 Å². The Labute approximate surface area is 172 Å². The van der Waals surface area contributed by atoms with E-state index in [4.69, 9.17) is 17.0 Å². The number of nitrogens with one attached hydrogen (secondary N) is 1. The van der Waals surface area contributed by atoms with Gasteiger partial charge in [0, 0.05) is 32.7 Å². The quantitative estimate of drug-likeness (QED) is 0.758. The molecule has 1 heterocycles. The van der Waals surface area contributed by atoms with Crippen LogP contribution in [0.1, 0.15) is 29.3 Å². The topological polar surface area (TPSA) is 44.8 Å². The molecule has 1 aliphatic heterocycles. The van der Waals surface area contributed by atoms with E-state index in [1.165, 1.54) is 5.56 Å². The molecule has 2 aromatic carbocycles. The highest BCUT2D eigenvalue weighted by atomic mass is 32.1. The zero-order valence-corrected chi connectivity index (χ0v) is 17.1. The SMILES string of the molecule is CCCOc1ccccc1C(=O)NC(=S)N1CCN(Cc2ccccc2)CC1. The van der Waals surface area contributed by atoms with Crippen molar-refractivity contribution in [2.24, 2.45) is 0 Å². The maximum absolute atomic E-state index is 12.7.